The molecular weight excluding hydrogens is 672 g/mol. The Morgan fingerprint density at radius 3 is 2.23 bits per heavy atom. The van der Waals surface area contributed by atoms with Crippen molar-refractivity contribution in [3.8, 4) is 11.3 Å². The molecule has 4 aromatic rings. The number of benzene rings is 3. The standard InChI is InChI=1S/C33H31ClF4N6O3S/c34-24-11-13-26(14-12-24)48(46,47)44-15-3-6-30(44)31(45)39-21-25-20-28(22-7-9-23(10-8-22)33(36,37)38)41-32(40-25)43-18-16-42(17-19-43)29-5-2-1-4-27(29)35/h1-2,4-5,7-14,20,30H,3,6,15-19,21H2,(H,39,45). The average molecular weight is 703 g/mol. The van der Waals surface area contributed by atoms with Gasteiger partial charge in [-0.15, -0.1) is 0 Å². The summed E-state index contributed by atoms with van der Waals surface area (Å²) in [6.45, 7) is 1.92. The van der Waals surface area contributed by atoms with Crippen LogP contribution in [0.25, 0.3) is 11.3 Å². The summed E-state index contributed by atoms with van der Waals surface area (Å²) in [4.78, 5) is 26.6. The number of halogens is 5. The van der Waals surface area contributed by atoms with Crippen LogP contribution < -0.4 is 15.1 Å². The first-order chi connectivity index (χ1) is 22.9. The second-order valence-corrected chi connectivity index (χ2v) is 13.8. The summed E-state index contributed by atoms with van der Waals surface area (Å²) in [5.41, 5.74) is 0.832. The zero-order chi connectivity index (χ0) is 34.1. The quantitative estimate of drug-likeness (QED) is 0.234. The van der Waals surface area contributed by atoms with E-state index in [1.807, 2.05) is 9.80 Å². The van der Waals surface area contributed by atoms with Crippen LogP contribution in [0.2, 0.25) is 5.02 Å². The van der Waals surface area contributed by atoms with Gasteiger partial charge in [-0.2, -0.15) is 17.5 Å². The Bertz CT molecular complexity index is 1890. The van der Waals surface area contributed by atoms with Crippen molar-refractivity contribution < 1.29 is 30.8 Å². The Morgan fingerprint density at radius 2 is 1.56 bits per heavy atom. The molecule has 1 aromatic heterocycles. The molecule has 1 N–H and O–H groups in total. The van der Waals surface area contributed by atoms with E-state index in [9.17, 15) is 30.8 Å². The molecule has 15 heteroatoms. The van der Waals surface area contributed by atoms with Gasteiger partial charge in [0, 0.05) is 43.3 Å². The maximum atomic E-state index is 14.4. The number of alkyl halides is 3. The first-order valence-electron chi connectivity index (χ1n) is 15.3. The molecule has 6 rings (SSSR count). The molecule has 0 bridgehead atoms. The third-order valence-electron chi connectivity index (χ3n) is 8.40. The van der Waals surface area contributed by atoms with Crippen LogP contribution in [0, 0.1) is 5.82 Å². The third-order valence-corrected chi connectivity index (χ3v) is 10.6. The highest BCUT2D eigenvalue weighted by atomic mass is 35.5. The number of carbonyl (C=O) groups is 1. The van der Waals surface area contributed by atoms with Crippen molar-refractivity contribution in [3.63, 3.8) is 0 Å². The molecule has 3 aromatic carbocycles. The van der Waals surface area contributed by atoms with Gasteiger partial charge in [0.15, 0.2) is 0 Å². The average Bonchev–Trinajstić information content (AvgIpc) is 3.59. The number of aromatic nitrogens is 2. The molecule has 9 nitrogen and oxygen atoms in total. The van der Waals surface area contributed by atoms with E-state index >= 15 is 0 Å². The molecule has 2 saturated heterocycles. The van der Waals surface area contributed by atoms with Gasteiger partial charge in [0.25, 0.3) is 0 Å². The van der Waals surface area contributed by atoms with Gasteiger partial charge in [0.05, 0.1) is 34.1 Å². The second-order valence-electron chi connectivity index (χ2n) is 11.5. The number of hydrogen-bond acceptors (Lipinski definition) is 7. The summed E-state index contributed by atoms with van der Waals surface area (Å²) in [6, 6.07) is 17.5. The van der Waals surface area contributed by atoms with Crippen molar-refractivity contribution in [2.45, 2.75) is 36.5 Å². The van der Waals surface area contributed by atoms with Crippen molar-refractivity contribution in [2.24, 2.45) is 0 Å². The maximum Gasteiger partial charge on any atom is 0.416 e. The van der Waals surface area contributed by atoms with Crippen LogP contribution in [0.4, 0.5) is 29.2 Å². The summed E-state index contributed by atoms with van der Waals surface area (Å²) in [5.74, 6) is -0.524. The Morgan fingerprint density at radius 1 is 0.896 bits per heavy atom. The number of nitrogens with zero attached hydrogens (tertiary/aromatic N) is 5. The normalized spacial score (nSPS) is 17.5. The van der Waals surface area contributed by atoms with E-state index in [-0.39, 0.29) is 23.8 Å². The van der Waals surface area contributed by atoms with Crippen molar-refractivity contribution in [3.05, 3.63) is 101 Å². The largest absolute Gasteiger partial charge is 0.416 e. The Hall–Kier alpha value is -4.27. The highest BCUT2D eigenvalue weighted by Crippen LogP contribution is 2.32. The lowest BCUT2D eigenvalue weighted by molar-refractivity contribution is -0.137. The van der Waals surface area contributed by atoms with Crippen LogP contribution in [0.3, 0.4) is 0 Å². The predicted octanol–water partition coefficient (Wildman–Crippen LogP) is 5.75. The van der Waals surface area contributed by atoms with Gasteiger partial charge < -0.3 is 15.1 Å². The van der Waals surface area contributed by atoms with E-state index in [0.29, 0.717) is 72.6 Å². The minimum atomic E-state index is -4.50. The summed E-state index contributed by atoms with van der Waals surface area (Å²) >= 11 is 5.93. The number of carbonyl (C=O) groups excluding carboxylic acids is 1. The van der Waals surface area contributed by atoms with Gasteiger partial charge in [0.2, 0.25) is 21.9 Å². The molecule has 252 valence electrons. The fourth-order valence-corrected chi connectivity index (χ4v) is 7.66. The highest BCUT2D eigenvalue weighted by Gasteiger charge is 2.39. The zero-order valence-corrected chi connectivity index (χ0v) is 27.1. The molecule has 2 fully saturated rings. The van der Waals surface area contributed by atoms with Gasteiger partial charge in [-0.05, 0) is 67.4 Å². The topological polar surface area (TPSA) is 98.7 Å². The number of amides is 1. The molecule has 0 aliphatic carbocycles. The summed E-state index contributed by atoms with van der Waals surface area (Å²) in [5, 5.41) is 3.19. The summed E-state index contributed by atoms with van der Waals surface area (Å²) < 4.78 is 82.0. The second kappa shape index (κ2) is 13.7. The van der Waals surface area contributed by atoms with E-state index in [4.69, 9.17) is 11.6 Å². The van der Waals surface area contributed by atoms with E-state index in [1.165, 1.54) is 46.8 Å². The van der Waals surface area contributed by atoms with Crippen molar-refractivity contribution >= 4 is 39.2 Å². The molecule has 1 atom stereocenters. The van der Waals surface area contributed by atoms with Crippen LogP contribution in [-0.4, -0.2) is 67.4 Å². The third kappa shape index (κ3) is 7.25. The monoisotopic (exact) mass is 702 g/mol. The van der Waals surface area contributed by atoms with Gasteiger partial charge >= 0.3 is 6.18 Å². The number of rotatable bonds is 8. The smallest absolute Gasteiger partial charge is 0.366 e. The lowest BCUT2D eigenvalue weighted by atomic mass is 10.1. The number of hydrogen-bond donors (Lipinski definition) is 1. The van der Waals surface area contributed by atoms with E-state index in [1.54, 1.807) is 24.3 Å². The molecule has 2 aliphatic rings. The van der Waals surface area contributed by atoms with E-state index in [2.05, 4.69) is 15.3 Å². The van der Waals surface area contributed by atoms with Gasteiger partial charge in [0.1, 0.15) is 11.9 Å². The van der Waals surface area contributed by atoms with Gasteiger partial charge in [-0.1, -0.05) is 35.9 Å². The first-order valence-corrected chi connectivity index (χ1v) is 17.1. The zero-order valence-electron chi connectivity index (χ0n) is 25.5. The molecule has 1 amide bonds. The Kier molecular flexibility index (Phi) is 9.59. The minimum Gasteiger partial charge on any atom is -0.366 e. The molecule has 48 heavy (non-hydrogen) atoms. The molecule has 0 radical (unpaired) electrons. The lowest BCUT2D eigenvalue weighted by Gasteiger charge is -2.36. The van der Waals surface area contributed by atoms with Crippen LogP contribution in [-0.2, 0) is 27.5 Å². The number of para-hydroxylation sites is 1. The highest BCUT2D eigenvalue weighted by molar-refractivity contribution is 7.89. The van der Waals surface area contributed by atoms with Crippen molar-refractivity contribution in [1.29, 1.82) is 0 Å². The number of nitrogens with one attached hydrogen (secondary N) is 1. The molecule has 0 spiro atoms. The van der Waals surface area contributed by atoms with Gasteiger partial charge in [-0.25, -0.2) is 22.8 Å². The molecule has 2 aliphatic heterocycles. The number of piperazine rings is 1. The molecule has 0 saturated carbocycles. The Labute approximate surface area is 280 Å². The van der Waals surface area contributed by atoms with Gasteiger partial charge in [-0.3, -0.25) is 4.79 Å². The fourth-order valence-electron chi connectivity index (χ4n) is 5.88. The summed E-state index contributed by atoms with van der Waals surface area (Å²) in [6.07, 6.45) is -3.67. The maximum absolute atomic E-state index is 14.4. The molecular formula is C33H31ClF4N6O3S. The Balaban J connectivity index is 1.22. The summed E-state index contributed by atoms with van der Waals surface area (Å²) in [7, 11) is -3.96. The number of anilines is 2. The predicted molar refractivity (Wildman–Crippen MR) is 174 cm³/mol. The number of sulfonamides is 1. The lowest BCUT2D eigenvalue weighted by Crippen LogP contribution is -2.47. The SMILES string of the molecule is O=C(NCc1cc(-c2ccc(C(F)(F)F)cc2)nc(N2CCN(c3ccccc3F)CC2)n1)C1CCCN1S(=O)(=O)c1ccc(Cl)cc1. The van der Waals surface area contributed by atoms with Crippen LogP contribution in [0.5, 0.6) is 0 Å². The van der Waals surface area contributed by atoms with Crippen LogP contribution >= 0.6 is 11.6 Å². The molecule has 3 heterocycles. The van der Waals surface area contributed by atoms with Crippen LogP contribution in [0.15, 0.2) is 83.8 Å². The van der Waals surface area contributed by atoms with Crippen LogP contribution in [0.1, 0.15) is 24.1 Å². The van der Waals surface area contributed by atoms with E-state index < -0.39 is 33.7 Å². The van der Waals surface area contributed by atoms with Crippen molar-refractivity contribution in [1.82, 2.24) is 19.6 Å². The molecule has 1 unspecified atom stereocenters. The van der Waals surface area contributed by atoms with Crippen molar-refractivity contribution in [2.75, 3.05) is 42.5 Å². The first kappa shape index (κ1) is 33.6. The fraction of sp³-hybridized carbons (Fsp3) is 0.303. The van der Waals surface area contributed by atoms with E-state index in [0.717, 1.165) is 12.1 Å². The minimum absolute atomic E-state index is 0.0309.